The molecule has 0 saturated carbocycles. The molecule has 1 fully saturated rings. The van der Waals surface area contributed by atoms with E-state index in [9.17, 15) is 14.4 Å². The second-order valence-electron chi connectivity index (χ2n) is 11.2. The SMILES string of the molecule is CC(C)(C)OC(=O)NCc1cccc(C2CCN(C(=O)Cc3ccc4c(c3)OC(C)(C)OC4=O)CC2)c1. The van der Waals surface area contributed by atoms with Gasteiger partial charge >= 0.3 is 12.1 Å². The molecule has 0 aliphatic carbocycles. The van der Waals surface area contributed by atoms with Crippen LogP contribution in [0.5, 0.6) is 5.75 Å². The number of amides is 2. The Morgan fingerprint density at radius 1 is 1.05 bits per heavy atom. The molecule has 0 bridgehead atoms. The Labute approximate surface area is 218 Å². The molecule has 1 N–H and O–H groups in total. The lowest BCUT2D eigenvalue weighted by Crippen LogP contribution is -2.39. The van der Waals surface area contributed by atoms with Crippen LogP contribution in [0.3, 0.4) is 0 Å². The Morgan fingerprint density at radius 3 is 2.49 bits per heavy atom. The van der Waals surface area contributed by atoms with Crippen molar-refractivity contribution in [1.82, 2.24) is 10.2 Å². The van der Waals surface area contributed by atoms with Crippen molar-refractivity contribution in [3.8, 4) is 5.75 Å². The third-order valence-corrected chi connectivity index (χ3v) is 6.42. The maximum atomic E-state index is 13.0. The van der Waals surface area contributed by atoms with Gasteiger partial charge in [0, 0.05) is 33.5 Å². The number of alkyl carbamates (subject to hydrolysis) is 1. The number of likely N-dealkylation sites (tertiary alicyclic amines) is 1. The van der Waals surface area contributed by atoms with Crippen LogP contribution in [-0.2, 0) is 27.2 Å². The average Bonchev–Trinajstić information content (AvgIpc) is 2.81. The molecule has 2 aromatic rings. The topological polar surface area (TPSA) is 94.2 Å². The fourth-order valence-corrected chi connectivity index (χ4v) is 4.69. The lowest BCUT2D eigenvalue weighted by Gasteiger charge is -2.33. The van der Waals surface area contributed by atoms with Crippen LogP contribution in [0, 0.1) is 0 Å². The van der Waals surface area contributed by atoms with Gasteiger partial charge < -0.3 is 24.4 Å². The summed E-state index contributed by atoms with van der Waals surface area (Å²) >= 11 is 0. The van der Waals surface area contributed by atoms with Crippen LogP contribution in [-0.4, -0.2) is 47.3 Å². The van der Waals surface area contributed by atoms with Gasteiger partial charge in [0.1, 0.15) is 16.9 Å². The quantitative estimate of drug-likeness (QED) is 0.575. The van der Waals surface area contributed by atoms with Crippen molar-refractivity contribution >= 4 is 18.0 Å². The predicted molar refractivity (Wildman–Crippen MR) is 138 cm³/mol. The minimum absolute atomic E-state index is 0.0614. The number of nitrogens with one attached hydrogen (secondary N) is 1. The van der Waals surface area contributed by atoms with Gasteiger partial charge in [0.15, 0.2) is 0 Å². The summed E-state index contributed by atoms with van der Waals surface area (Å²) < 4.78 is 16.3. The molecule has 2 aliphatic rings. The van der Waals surface area contributed by atoms with Crippen LogP contribution in [0.1, 0.15) is 80.4 Å². The Bertz CT molecular complexity index is 1180. The number of rotatable bonds is 5. The van der Waals surface area contributed by atoms with Crippen molar-refractivity contribution in [2.45, 2.75) is 77.7 Å². The Morgan fingerprint density at radius 2 is 1.78 bits per heavy atom. The van der Waals surface area contributed by atoms with E-state index in [0.29, 0.717) is 36.9 Å². The van der Waals surface area contributed by atoms with Crippen molar-refractivity contribution in [2.24, 2.45) is 0 Å². The molecule has 8 nitrogen and oxygen atoms in total. The normalized spacial score (nSPS) is 17.3. The molecule has 2 aliphatic heterocycles. The van der Waals surface area contributed by atoms with Crippen molar-refractivity contribution in [1.29, 1.82) is 0 Å². The van der Waals surface area contributed by atoms with Gasteiger partial charge in [0.25, 0.3) is 0 Å². The first-order valence-corrected chi connectivity index (χ1v) is 12.8. The zero-order chi connectivity index (χ0) is 26.8. The van der Waals surface area contributed by atoms with E-state index >= 15 is 0 Å². The molecular weight excluding hydrogens is 472 g/mol. The van der Waals surface area contributed by atoms with Gasteiger partial charge in [0.05, 0.1) is 6.42 Å². The van der Waals surface area contributed by atoms with Crippen LogP contribution < -0.4 is 10.1 Å². The van der Waals surface area contributed by atoms with Crippen LogP contribution in [0.15, 0.2) is 42.5 Å². The van der Waals surface area contributed by atoms with E-state index in [1.807, 2.05) is 37.8 Å². The molecule has 0 atom stereocenters. The maximum absolute atomic E-state index is 13.0. The highest BCUT2D eigenvalue weighted by molar-refractivity contribution is 5.94. The Hall–Kier alpha value is -3.55. The average molecular weight is 509 g/mol. The van der Waals surface area contributed by atoms with Crippen LogP contribution >= 0.6 is 0 Å². The van der Waals surface area contributed by atoms with Crippen molar-refractivity contribution in [3.63, 3.8) is 0 Å². The molecule has 1 saturated heterocycles. The van der Waals surface area contributed by atoms with E-state index in [-0.39, 0.29) is 12.3 Å². The molecule has 198 valence electrons. The summed E-state index contributed by atoms with van der Waals surface area (Å²) in [5, 5.41) is 2.81. The van der Waals surface area contributed by atoms with Gasteiger partial charge in [0.2, 0.25) is 11.7 Å². The number of carbonyl (C=O) groups excluding carboxylic acids is 3. The Kier molecular flexibility index (Phi) is 7.48. The summed E-state index contributed by atoms with van der Waals surface area (Å²) in [5.74, 6) is -0.581. The summed E-state index contributed by atoms with van der Waals surface area (Å²) in [4.78, 5) is 39.0. The number of esters is 1. The highest BCUT2D eigenvalue weighted by atomic mass is 16.7. The number of hydrogen-bond donors (Lipinski definition) is 1. The standard InChI is InChI=1S/C29H36N2O6/c1-28(2,3)37-27(34)30-18-20-7-6-8-22(15-20)21-11-13-31(14-12-21)25(32)17-19-9-10-23-24(16-19)35-29(4,5)36-26(23)33/h6-10,15-16,21H,11-14,17-18H2,1-5H3,(H,30,34). The summed E-state index contributed by atoms with van der Waals surface area (Å²) in [7, 11) is 0. The number of fused-ring (bicyclic) bond motifs is 1. The largest absolute Gasteiger partial charge is 0.452 e. The van der Waals surface area contributed by atoms with Crippen molar-refractivity contribution in [3.05, 3.63) is 64.7 Å². The first-order valence-electron chi connectivity index (χ1n) is 12.8. The first kappa shape index (κ1) is 26.5. The summed E-state index contributed by atoms with van der Waals surface area (Å²) in [5.41, 5.74) is 2.89. The molecule has 0 radical (unpaired) electrons. The molecule has 8 heteroatoms. The fourth-order valence-electron chi connectivity index (χ4n) is 4.69. The van der Waals surface area contributed by atoms with Crippen LogP contribution in [0.4, 0.5) is 4.79 Å². The second kappa shape index (κ2) is 10.4. The number of nitrogens with zero attached hydrogens (tertiary/aromatic N) is 1. The fraction of sp³-hybridized carbons (Fsp3) is 0.483. The molecule has 0 unspecified atom stereocenters. The van der Waals surface area contributed by atoms with E-state index in [2.05, 4.69) is 17.4 Å². The third-order valence-electron chi connectivity index (χ3n) is 6.42. The van der Waals surface area contributed by atoms with E-state index in [1.165, 1.54) is 5.56 Å². The van der Waals surface area contributed by atoms with E-state index in [1.54, 1.807) is 32.0 Å². The van der Waals surface area contributed by atoms with Crippen molar-refractivity contribution < 1.29 is 28.6 Å². The molecule has 2 amide bonds. The molecule has 37 heavy (non-hydrogen) atoms. The lowest BCUT2D eigenvalue weighted by atomic mass is 9.88. The molecule has 2 heterocycles. The van der Waals surface area contributed by atoms with Gasteiger partial charge in [-0.15, -0.1) is 0 Å². The molecule has 2 aromatic carbocycles. The second-order valence-corrected chi connectivity index (χ2v) is 11.2. The van der Waals surface area contributed by atoms with Gasteiger partial charge in [-0.3, -0.25) is 4.79 Å². The first-order chi connectivity index (χ1) is 17.4. The van der Waals surface area contributed by atoms with Gasteiger partial charge in [-0.2, -0.15) is 0 Å². The smallest absolute Gasteiger partial charge is 0.407 e. The summed E-state index contributed by atoms with van der Waals surface area (Å²) in [6.45, 7) is 10.7. The number of benzene rings is 2. The molecule has 4 rings (SSSR count). The van der Waals surface area contributed by atoms with Crippen LogP contribution in [0.2, 0.25) is 0 Å². The molecule has 0 aromatic heterocycles. The summed E-state index contributed by atoms with van der Waals surface area (Å²) in [6.07, 6.45) is 1.57. The molecule has 0 spiro atoms. The number of cyclic esters (lactones) is 1. The minimum atomic E-state index is -1.03. The third kappa shape index (κ3) is 7.02. The van der Waals surface area contributed by atoms with Gasteiger partial charge in [-0.25, -0.2) is 9.59 Å². The number of carbonyl (C=O) groups is 3. The highest BCUT2D eigenvalue weighted by Crippen LogP contribution is 2.33. The highest BCUT2D eigenvalue weighted by Gasteiger charge is 2.34. The minimum Gasteiger partial charge on any atom is -0.452 e. The van der Waals surface area contributed by atoms with Crippen molar-refractivity contribution in [2.75, 3.05) is 13.1 Å². The van der Waals surface area contributed by atoms with E-state index in [4.69, 9.17) is 14.2 Å². The summed E-state index contributed by atoms with van der Waals surface area (Å²) in [6, 6.07) is 13.4. The van der Waals surface area contributed by atoms with E-state index < -0.39 is 23.5 Å². The zero-order valence-electron chi connectivity index (χ0n) is 22.3. The number of ether oxygens (including phenoxy) is 3. The lowest BCUT2D eigenvalue weighted by molar-refractivity contribution is -0.131. The number of hydrogen-bond acceptors (Lipinski definition) is 6. The van der Waals surface area contributed by atoms with Crippen LogP contribution in [0.25, 0.3) is 0 Å². The van der Waals surface area contributed by atoms with Gasteiger partial charge in [-0.1, -0.05) is 30.3 Å². The number of piperidine rings is 1. The maximum Gasteiger partial charge on any atom is 0.407 e. The predicted octanol–water partition coefficient (Wildman–Crippen LogP) is 4.95. The van der Waals surface area contributed by atoms with Gasteiger partial charge in [-0.05, 0) is 68.4 Å². The van der Waals surface area contributed by atoms with E-state index in [0.717, 1.165) is 24.0 Å². The molecular formula is C29H36N2O6. The monoisotopic (exact) mass is 508 g/mol. The Balaban J connectivity index is 1.30. The zero-order valence-corrected chi connectivity index (χ0v) is 22.3.